The second-order valence-electron chi connectivity index (χ2n) is 6.97. The summed E-state index contributed by atoms with van der Waals surface area (Å²) in [5, 5.41) is 0.0706. The summed E-state index contributed by atoms with van der Waals surface area (Å²) in [5.74, 6) is 0. The molecule has 2 rings (SSSR count). The van der Waals surface area contributed by atoms with Crippen LogP contribution in [0.5, 0.6) is 0 Å². The molecule has 0 aromatic heterocycles. The second-order valence-corrected chi connectivity index (χ2v) is 10.4. The zero-order chi connectivity index (χ0) is 15.8. The molecular weight excluding hydrogens is 315 g/mol. The Labute approximate surface area is 142 Å². The van der Waals surface area contributed by atoms with Crippen LogP contribution in [0.2, 0.25) is 0 Å². The quantitative estimate of drug-likeness (QED) is 0.336. The molecule has 1 atom stereocenters. The highest BCUT2D eigenvalue weighted by Gasteiger charge is 2.39. The summed E-state index contributed by atoms with van der Waals surface area (Å²) in [4.78, 5) is 0. The minimum atomic E-state index is -2.44. The summed E-state index contributed by atoms with van der Waals surface area (Å²) in [7, 11) is -2.44. The SMILES string of the molecule is CCCCC[C@H](Cl)CP(=O)(N1CCCCC1)N1CCCCC1. The Balaban J connectivity index is 2.01. The average Bonchev–Trinajstić information content (AvgIpc) is 2.56. The number of unbranched alkanes of at least 4 members (excludes halogenated alkanes) is 2. The molecular formula is C17H34ClN2OP. The Morgan fingerprint density at radius 1 is 0.909 bits per heavy atom. The first-order valence-electron chi connectivity index (χ1n) is 9.41. The number of halogens is 1. The summed E-state index contributed by atoms with van der Waals surface area (Å²) in [6, 6.07) is 0. The molecule has 5 heteroatoms. The molecule has 2 heterocycles. The molecule has 130 valence electrons. The van der Waals surface area contributed by atoms with Crippen molar-refractivity contribution in [3.8, 4) is 0 Å². The number of piperidine rings is 2. The molecule has 2 fully saturated rings. The highest BCUT2D eigenvalue weighted by Crippen LogP contribution is 2.56. The van der Waals surface area contributed by atoms with E-state index in [2.05, 4.69) is 16.3 Å². The van der Waals surface area contributed by atoms with Gasteiger partial charge in [-0.25, -0.2) is 9.34 Å². The van der Waals surface area contributed by atoms with Crippen LogP contribution in [0.1, 0.15) is 71.1 Å². The summed E-state index contributed by atoms with van der Waals surface area (Å²) < 4.78 is 18.6. The minimum absolute atomic E-state index is 0.0706. The van der Waals surface area contributed by atoms with Crippen LogP contribution < -0.4 is 0 Å². The number of alkyl halides is 1. The van der Waals surface area contributed by atoms with Crippen molar-refractivity contribution in [1.29, 1.82) is 0 Å². The van der Waals surface area contributed by atoms with Crippen LogP contribution in [0.4, 0.5) is 0 Å². The van der Waals surface area contributed by atoms with E-state index in [9.17, 15) is 4.57 Å². The smallest absolute Gasteiger partial charge is 0.217 e. The number of hydrogen-bond acceptors (Lipinski definition) is 1. The normalized spacial score (nSPS) is 23.5. The van der Waals surface area contributed by atoms with Gasteiger partial charge in [0.05, 0.1) is 0 Å². The maximum absolute atomic E-state index is 13.9. The topological polar surface area (TPSA) is 23.6 Å². The molecule has 0 saturated carbocycles. The summed E-state index contributed by atoms with van der Waals surface area (Å²) in [5.41, 5.74) is 0. The van der Waals surface area contributed by atoms with Crippen LogP contribution in [0.25, 0.3) is 0 Å². The van der Waals surface area contributed by atoms with Crippen molar-refractivity contribution in [2.24, 2.45) is 0 Å². The van der Waals surface area contributed by atoms with Crippen LogP contribution in [0.3, 0.4) is 0 Å². The lowest BCUT2D eigenvalue weighted by Crippen LogP contribution is -2.40. The molecule has 0 aliphatic carbocycles. The van der Waals surface area contributed by atoms with Crippen molar-refractivity contribution in [2.75, 3.05) is 32.3 Å². The van der Waals surface area contributed by atoms with E-state index in [-0.39, 0.29) is 5.38 Å². The maximum atomic E-state index is 13.9. The third kappa shape index (κ3) is 5.23. The van der Waals surface area contributed by atoms with Crippen LogP contribution >= 0.6 is 19.0 Å². The van der Waals surface area contributed by atoms with Gasteiger partial charge in [-0.15, -0.1) is 11.6 Å². The maximum Gasteiger partial charge on any atom is 0.217 e. The van der Waals surface area contributed by atoms with E-state index in [1.807, 2.05) is 0 Å². The Morgan fingerprint density at radius 3 is 1.86 bits per heavy atom. The number of rotatable bonds is 8. The monoisotopic (exact) mass is 348 g/mol. The largest absolute Gasteiger partial charge is 0.289 e. The van der Waals surface area contributed by atoms with Crippen molar-refractivity contribution >= 4 is 19.0 Å². The van der Waals surface area contributed by atoms with Gasteiger partial charge in [-0.3, -0.25) is 4.57 Å². The fourth-order valence-electron chi connectivity index (χ4n) is 3.75. The zero-order valence-corrected chi connectivity index (χ0v) is 16.0. The Kier molecular flexibility index (Phi) is 8.25. The van der Waals surface area contributed by atoms with Gasteiger partial charge in [-0.1, -0.05) is 39.0 Å². The molecule has 0 amide bonds. The Morgan fingerprint density at radius 2 is 1.41 bits per heavy atom. The molecule has 0 unspecified atom stereocenters. The number of nitrogens with zero attached hydrogens (tertiary/aromatic N) is 2. The molecule has 22 heavy (non-hydrogen) atoms. The van der Waals surface area contributed by atoms with E-state index in [0.717, 1.165) is 32.6 Å². The first kappa shape index (κ1) is 18.8. The van der Waals surface area contributed by atoms with Gasteiger partial charge in [0.25, 0.3) is 0 Å². The highest BCUT2D eigenvalue weighted by atomic mass is 35.5. The fourth-order valence-corrected chi connectivity index (χ4v) is 7.78. The van der Waals surface area contributed by atoms with Gasteiger partial charge in [-0.2, -0.15) is 0 Å². The van der Waals surface area contributed by atoms with Crippen molar-refractivity contribution in [3.05, 3.63) is 0 Å². The molecule has 0 spiro atoms. The summed E-state index contributed by atoms with van der Waals surface area (Å²) >= 11 is 6.61. The molecule has 0 bridgehead atoms. The van der Waals surface area contributed by atoms with E-state index >= 15 is 0 Å². The lowest BCUT2D eigenvalue weighted by atomic mass is 10.2. The summed E-state index contributed by atoms with van der Waals surface area (Å²) in [6.45, 7) is 6.24. The van der Waals surface area contributed by atoms with Crippen LogP contribution in [-0.4, -0.2) is 47.1 Å². The minimum Gasteiger partial charge on any atom is -0.289 e. The first-order valence-corrected chi connectivity index (χ1v) is 11.6. The fraction of sp³-hybridized carbons (Fsp3) is 1.00. The highest BCUT2D eigenvalue weighted by molar-refractivity contribution is 7.59. The predicted molar refractivity (Wildman–Crippen MR) is 97.1 cm³/mol. The standard InChI is InChI=1S/C17H34ClN2OP/c1-2-3-6-11-17(18)16-22(21,19-12-7-4-8-13-19)20-14-9-5-10-15-20/h17H,2-16H2,1H3/t17-/m0/s1. The molecule has 0 N–H and O–H groups in total. The third-order valence-electron chi connectivity index (χ3n) is 5.11. The van der Waals surface area contributed by atoms with Gasteiger partial charge < -0.3 is 0 Å². The average molecular weight is 349 g/mol. The van der Waals surface area contributed by atoms with Gasteiger partial charge in [0, 0.05) is 37.7 Å². The molecule has 2 aliphatic rings. The third-order valence-corrected chi connectivity index (χ3v) is 9.18. The van der Waals surface area contributed by atoms with E-state index in [0.29, 0.717) is 6.16 Å². The van der Waals surface area contributed by atoms with Crippen molar-refractivity contribution < 1.29 is 4.57 Å². The van der Waals surface area contributed by atoms with E-state index in [1.165, 1.54) is 57.8 Å². The van der Waals surface area contributed by atoms with E-state index in [1.54, 1.807) is 0 Å². The first-order chi connectivity index (χ1) is 10.7. The van der Waals surface area contributed by atoms with Gasteiger partial charge in [0.1, 0.15) is 0 Å². The molecule has 0 aromatic rings. The van der Waals surface area contributed by atoms with Crippen molar-refractivity contribution in [3.63, 3.8) is 0 Å². The van der Waals surface area contributed by atoms with Gasteiger partial charge >= 0.3 is 0 Å². The van der Waals surface area contributed by atoms with Crippen molar-refractivity contribution in [1.82, 2.24) is 9.34 Å². The Hall–Kier alpha value is 0.440. The molecule has 3 nitrogen and oxygen atoms in total. The number of hydrogen-bond donors (Lipinski definition) is 0. The zero-order valence-electron chi connectivity index (χ0n) is 14.3. The molecule has 2 saturated heterocycles. The van der Waals surface area contributed by atoms with Crippen LogP contribution in [-0.2, 0) is 4.57 Å². The predicted octanol–water partition coefficient (Wildman–Crippen LogP) is 5.34. The van der Waals surface area contributed by atoms with Gasteiger partial charge in [-0.05, 0) is 32.1 Å². The lowest BCUT2D eigenvalue weighted by Gasteiger charge is -2.43. The molecule has 2 aliphatic heterocycles. The van der Waals surface area contributed by atoms with Crippen LogP contribution in [0.15, 0.2) is 0 Å². The van der Waals surface area contributed by atoms with Crippen LogP contribution in [0, 0.1) is 0 Å². The van der Waals surface area contributed by atoms with Gasteiger partial charge in [0.15, 0.2) is 0 Å². The van der Waals surface area contributed by atoms with Crippen molar-refractivity contribution in [2.45, 2.75) is 76.5 Å². The molecule has 0 aromatic carbocycles. The van der Waals surface area contributed by atoms with Gasteiger partial charge in [0.2, 0.25) is 7.44 Å². The lowest BCUT2D eigenvalue weighted by molar-refractivity contribution is 0.275. The summed E-state index contributed by atoms with van der Waals surface area (Å²) in [6.07, 6.45) is 12.7. The second kappa shape index (κ2) is 9.67. The van der Waals surface area contributed by atoms with E-state index < -0.39 is 7.44 Å². The molecule has 0 radical (unpaired) electrons. The Bertz CT molecular complexity index is 333. The van der Waals surface area contributed by atoms with E-state index in [4.69, 9.17) is 11.6 Å².